The Balaban J connectivity index is 1.70. The first-order valence-corrected chi connectivity index (χ1v) is 6.57. The summed E-state index contributed by atoms with van der Waals surface area (Å²) < 4.78 is 5.51. The molecule has 1 saturated carbocycles. The van der Waals surface area contributed by atoms with Gasteiger partial charge in [-0.05, 0) is 43.4 Å². The van der Waals surface area contributed by atoms with Crippen LogP contribution in [0.1, 0.15) is 24.8 Å². The van der Waals surface area contributed by atoms with Gasteiger partial charge in [0.2, 0.25) is 5.91 Å². The number of hydrogen-bond acceptors (Lipinski definition) is 3. The normalized spacial score (nSPS) is 15.4. The van der Waals surface area contributed by atoms with Gasteiger partial charge in [0.15, 0.2) is 0 Å². The van der Waals surface area contributed by atoms with Crippen molar-refractivity contribution in [3.63, 3.8) is 0 Å². The Morgan fingerprint density at radius 2 is 2.37 bits per heavy atom. The van der Waals surface area contributed by atoms with E-state index < -0.39 is 0 Å². The lowest BCUT2D eigenvalue weighted by Crippen LogP contribution is -2.35. The molecule has 1 atom stereocenters. The molecule has 19 heavy (non-hydrogen) atoms. The van der Waals surface area contributed by atoms with Gasteiger partial charge < -0.3 is 10.1 Å². The monoisotopic (exact) mass is 258 g/mol. The molecule has 0 bridgehead atoms. The molecule has 0 spiro atoms. The Morgan fingerprint density at radius 1 is 1.58 bits per heavy atom. The molecule has 1 unspecified atom stereocenters. The third kappa shape index (κ3) is 4.29. The van der Waals surface area contributed by atoms with Crippen molar-refractivity contribution in [2.24, 2.45) is 5.92 Å². The summed E-state index contributed by atoms with van der Waals surface area (Å²) in [6, 6.07) is 9.52. The Labute approximate surface area is 113 Å². The van der Waals surface area contributed by atoms with Crippen LogP contribution >= 0.6 is 0 Å². The highest BCUT2D eigenvalue weighted by molar-refractivity contribution is 5.76. The van der Waals surface area contributed by atoms with Crippen molar-refractivity contribution in [1.29, 1.82) is 5.26 Å². The number of carbonyl (C=O) groups is 1. The van der Waals surface area contributed by atoms with Gasteiger partial charge in [0.25, 0.3) is 0 Å². The number of carbonyl (C=O) groups excluding carboxylic acids is 1. The van der Waals surface area contributed by atoms with E-state index in [0.717, 1.165) is 24.2 Å². The minimum Gasteiger partial charge on any atom is -0.493 e. The molecule has 1 N–H and O–H groups in total. The molecule has 0 aliphatic heterocycles. The lowest BCUT2D eigenvalue weighted by molar-refractivity contribution is -0.122. The Hall–Kier alpha value is -2.02. The summed E-state index contributed by atoms with van der Waals surface area (Å²) in [5, 5.41) is 11.7. The molecule has 1 aromatic carbocycles. The number of hydrogen-bond donors (Lipinski definition) is 1. The van der Waals surface area contributed by atoms with Gasteiger partial charge >= 0.3 is 0 Å². The van der Waals surface area contributed by atoms with E-state index >= 15 is 0 Å². The molecule has 0 radical (unpaired) electrons. The van der Waals surface area contributed by atoms with E-state index in [4.69, 9.17) is 10.00 Å². The van der Waals surface area contributed by atoms with Crippen LogP contribution < -0.4 is 10.1 Å². The average molecular weight is 258 g/mol. The SMILES string of the molecule is Cc1cccc(OCCC(=O)NC(C#N)C2CC2)c1. The smallest absolute Gasteiger partial charge is 0.224 e. The maximum Gasteiger partial charge on any atom is 0.224 e. The molecule has 2 rings (SSSR count). The highest BCUT2D eigenvalue weighted by Gasteiger charge is 2.32. The number of nitriles is 1. The zero-order valence-corrected chi connectivity index (χ0v) is 11.1. The molecular formula is C15H18N2O2. The first-order valence-electron chi connectivity index (χ1n) is 6.57. The van der Waals surface area contributed by atoms with Gasteiger partial charge in [-0.2, -0.15) is 5.26 Å². The molecule has 1 aromatic rings. The van der Waals surface area contributed by atoms with Crippen LogP contribution in [0.5, 0.6) is 5.75 Å². The van der Waals surface area contributed by atoms with Gasteiger partial charge in [-0.25, -0.2) is 0 Å². The number of nitrogens with zero attached hydrogens (tertiary/aromatic N) is 1. The highest BCUT2D eigenvalue weighted by Crippen LogP contribution is 2.32. The molecule has 1 aliphatic rings. The van der Waals surface area contributed by atoms with Gasteiger partial charge in [-0.1, -0.05) is 12.1 Å². The standard InChI is InChI=1S/C15H18N2O2/c1-11-3-2-4-13(9-11)19-8-7-15(18)17-14(10-16)12-5-6-12/h2-4,9,12,14H,5-8H2,1H3,(H,17,18). The first kappa shape index (κ1) is 13.4. The molecule has 1 amide bonds. The molecule has 1 fully saturated rings. The molecule has 100 valence electrons. The molecular weight excluding hydrogens is 240 g/mol. The minimum atomic E-state index is -0.327. The summed E-state index contributed by atoms with van der Waals surface area (Å²) in [7, 11) is 0. The molecule has 0 heterocycles. The summed E-state index contributed by atoms with van der Waals surface area (Å²) in [6.07, 6.45) is 2.36. The summed E-state index contributed by atoms with van der Waals surface area (Å²) in [5.41, 5.74) is 1.13. The number of benzene rings is 1. The van der Waals surface area contributed by atoms with Gasteiger partial charge in [-0.3, -0.25) is 4.79 Å². The fourth-order valence-electron chi connectivity index (χ4n) is 1.90. The number of ether oxygens (including phenoxy) is 1. The summed E-state index contributed by atoms with van der Waals surface area (Å²) in [6.45, 7) is 2.32. The predicted molar refractivity (Wildman–Crippen MR) is 71.6 cm³/mol. The molecule has 4 nitrogen and oxygen atoms in total. The van der Waals surface area contributed by atoms with Gasteiger partial charge in [0, 0.05) is 0 Å². The van der Waals surface area contributed by atoms with E-state index in [-0.39, 0.29) is 18.4 Å². The zero-order valence-electron chi connectivity index (χ0n) is 11.1. The van der Waals surface area contributed by atoms with Crippen molar-refractivity contribution < 1.29 is 9.53 Å². The second-order valence-corrected chi connectivity index (χ2v) is 4.93. The molecule has 4 heteroatoms. The lowest BCUT2D eigenvalue weighted by atomic mass is 10.2. The van der Waals surface area contributed by atoms with Crippen LogP contribution in [-0.4, -0.2) is 18.6 Å². The Morgan fingerprint density at radius 3 is 3.00 bits per heavy atom. The van der Waals surface area contributed by atoms with E-state index in [9.17, 15) is 4.79 Å². The van der Waals surface area contributed by atoms with Crippen molar-refractivity contribution >= 4 is 5.91 Å². The van der Waals surface area contributed by atoms with Crippen LogP contribution in [0.4, 0.5) is 0 Å². The predicted octanol–water partition coefficient (Wildman–Crippen LogP) is 2.18. The van der Waals surface area contributed by atoms with Gasteiger partial charge in [-0.15, -0.1) is 0 Å². The number of rotatable bonds is 6. The second-order valence-electron chi connectivity index (χ2n) is 4.93. The fraction of sp³-hybridized carbons (Fsp3) is 0.467. The van der Waals surface area contributed by atoms with Crippen LogP contribution in [0.2, 0.25) is 0 Å². The van der Waals surface area contributed by atoms with Crippen LogP contribution in [0.15, 0.2) is 24.3 Å². The zero-order chi connectivity index (χ0) is 13.7. The third-order valence-corrected chi connectivity index (χ3v) is 3.14. The topological polar surface area (TPSA) is 62.1 Å². The van der Waals surface area contributed by atoms with E-state index in [1.54, 1.807) is 0 Å². The third-order valence-electron chi connectivity index (χ3n) is 3.14. The van der Waals surface area contributed by atoms with Crippen molar-refractivity contribution in [3.05, 3.63) is 29.8 Å². The van der Waals surface area contributed by atoms with Crippen LogP contribution in [0.25, 0.3) is 0 Å². The molecule has 0 aromatic heterocycles. The highest BCUT2D eigenvalue weighted by atomic mass is 16.5. The largest absolute Gasteiger partial charge is 0.493 e. The Kier molecular flexibility index (Phi) is 4.40. The van der Waals surface area contributed by atoms with Crippen LogP contribution in [-0.2, 0) is 4.79 Å². The first-order chi connectivity index (χ1) is 9.19. The number of nitrogens with one attached hydrogen (secondary N) is 1. The maximum atomic E-state index is 11.7. The van der Waals surface area contributed by atoms with Crippen molar-refractivity contribution in [3.8, 4) is 11.8 Å². The van der Waals surface area contributed by atoms with Crippen molar-refractivity contribution in [1.82, 2.24) is 5.32 Å². The fourth-order valence-corrected chi connectivity index (χ4v) is 1.90. The summed E-state index contributed by atoms with van der Waals surface area (Å²) in [4.78, 5) is 11.7. The average Bonchev–Trinajstić information content (AvgIpc) is 3.20. The summed E-state index contributed by atoms with van der Waals surface area (Å²) >= 11 is 0. The van der Waals surface area contributed by atoms with E-state index in [1.165, 1.54) is 0 Å². The van der Waals surface area contributed by atoms with Crippen LogP contribution in [0, 0.1) is 24.2 Å². The second kappa shape index (κ2) is 6.24. The van der Waals surface area contributed by atoms with Crippen molar-refractivity contribution in [2.45, 2.75) is 32.2 Å². The maximum absolute atomic E-state index is 11.7. The van der Waals surface area contributed by atoms with E-state index in [0.29, 0.717) is 12.5 Å². The van der Waals surface area contributed by atoms with Crippen LogP contribution in [0.3, 0.4) is 0 Å². The van der Waals surface area contributed by atoms with Crippen molar-refractivity contribution in [2.75, 3.05) is 6.61 Å². The van der Waals surface area contributed by atoms with E-state index in [2.05, 4.69) is 11.4 Å². The molecule has 1 aliphatic carbocycles. The lowest BCUT2D eigenvalue weighted by Gasteiger charge is -2.11. The Bertz CT molecular complexity index is 489. The quantitative estimate of drug-likeness (QED) is 0.850. The summed E-state index contributed by atoms with van der Waals surface area (Å²) in [5.74, 6) is 1.00. The number of amides is 1. The van der Waals surface area contributed by atoms with Gasteiger partial charge in [0.05, 0.1) is 19.1 Å². The van der Waals surface area contributed by atoms with Gasteiger partial charge in [0.1, 0.15) is 11.8 Å². The molecule has 0 saturated heterocycles. The number of aryl methyl sites for hydroxylation is 1. The minimum absolute atomic E-state index is 0.119. The van der Waals surface area contributed by atoms with E-state index in [1.807, 2.05) is 31.2 Å².